The van der Waals surface area contributed by atoms with E-state index in [2.05, 4.69) is 20.8 Å². The topological polar surface area (TPSA) is 185 Å². The predicted octanol–water partition coefficient (Wildman–Crippen LogP) is 5.48. The fourth-order valence-electron chi connectivity index (χ4n) is 4.65. The molecule has 2 aromatic carbocycles. The van der Waals surface area contributed by atoms with Crippen molar-refractivity contribution in [1.82, 2.24) is 20.1 Å². The van der Waals surface area contributed by atoms with E-state index in [0.717, 1.165) is 39.9 Å². The van der Waals surface area contributed by atoms with E-state index < -0.39 is 28.7 Å². The summed E-state index contributed by atoms with van der Waals surface area (Å²) in [7, 11) is 0. The van der Waals surface area contributed by atoms with Gasteiger partial charge in [0.15, 0.2) is 11.0 Å². The molecule has 0 spiro atoms. The number of anilines is 1. The zero-order chi connectivity index (χ0) is 35.1. The van der Waals surface area contributed by atoms with E-state index in [4.69, 9.17) is 9.47 Å². The second-order valence-electron chi connectivity index (χ2n) is 10.5. The average Bonchev–Trinajstić information content (AvgIpc) is 3.60. The normalized spacial score (nSPS) is 10.8. The number of amides is 2. The monoisotopic (exact) mass is 694 g/mol. The van der Waals surface area contributed by atoms with Crippen molar-refractivity contribution in [3.63, 3.8) is 0 Å². The van der Waals surface area contributed by atoms with E-state index in [1.54, 1.807) is 32.3 Å². The number of thiophene rings is 1. The fourth-order valence-corrected chi connectivity index (χ4v) is 6.52. The first kappa shape index (κ1) is 35.8. The van der Waals surface area contributed by atoms with Crippen molar-refractivity contribution in [2.24, 2.45) is 0 Å². The third kappa shape index (κ3) is 8.06. The standard InChI is InChI=1S/C32H34N6O8S2/c1-7-45-30(41)26-20(6)27(31(42)46-8-2)48-29(26)34-25(39)16-47-32-36-35-24(37(32)22-13-17(3)9-10-18(22)4)15-33-28(40)21-12-11-19(5)23(14-21)38(43)44/h9-14H,7-8,15-16H2,1-6H3,(H,33,40)(H,34,39). The maximum atomic E-state index is 13.2. The Kier molecular flexibility index (Phi) is 11.7. The van der Waals surface area contributed by atoms with Crippen LogP contribution in [0.3, 0.4) is 0 Å². The smallest absolute Gasteiger partial charge is 0.348 e. The van der Waals surface area contributed by atoms with Gasteiger partial charge in [0.1, 0.15) is 9.88 Å². The lowest BCUT2D eigenvalue weighted by Crippen LogP contribution is -2.25. The number of nitrogens with zero attached hydrogens (tertiary/aromatic N) is 4. The van der Waals surface area contributed by atoms with Gasteiger partial charge in [0.2, 0.25) is 5.91 Å². The maximum Gasteiger partial charge on any atom is 0.348 e. The van der Waals surface area contributed by atoms with Gasteiger partial charge in [-0.15, -0.1) is 21.5 Å². The number of esters is 2. The summed E-state index contributed by atoms with van der Waals surface area (Å²) in [6, 6.07) is 10.0. The zero-order valence-electron chi connectivity index (χ0n) is 27.2. The highest BCUT2D eigenvalue weighted by Gasteiger charge is 2.28. The minimum absolute atomic E-state index is 0.0678. The second-order valence-corrected chi connectivity index (χ2v) is 12.5. The maximum absolute atomic E-state index is 13.2. The molecule has 2 N–H and O–H groups in total. The van der Waals surface area contributed by atoms with Crippen LogP contribution in [0.5, 0.6) is 0 Å². The van der Waals surface area contributed by atoms with Crippen molar-refractivity contribution in [1.29, 1.82) is 0 Å². The number of carbonyl (C=O) groups is 4. The molecule has 0 saturated carbocycles. The minimum atomic E-state index is -0.675. The van der Waals surface area contributed by atoms with Crippen LogP contribution in [0, 0.1) is 37.8 Å². The van der Waals surface area contributed by atoms with Crippen molar-refractivity contribution >= 4 is 57.5 Å². The summed E-state index contributed by atoms with van der Waals surface area (Å²) in [6.07, 6.45) is 0. The Hall–Kier alpha value is -5.09. The number of aromatic nitrogens is 3. The highest BCUT2D eigenvalue weighted by molar-refractivity contribution is 7.99. The summed E-state index contributed by atoms with van der Waals surface area (Å²) in [5.41, 5.74) is 3.39. The Bertz CT molecular complexity index is 1900. The highest BCUT2D eigenvalue weighted by atomic mass is 32.2. The van der Waals surface area contributed by atoms with E-state index in [0.29, 0.717) is 22.1 Å². The number of aryl methyl sites for hydroxylation is 3. The quantitative estimate of drug-likeness (QED) is 0.0781. The van der Waals surface area contributed by atoms with Crippen LogP contribution in [0.15, 0.2) is 41.6 Å². The molecular formula is C32H34N6O8S2. The Morgan fingerprint density at radius 2 is 1.65 bits per heavy atom. The molecule has 0 aliphatic carbocycles. The molecule has 0 fully saturated rings. The summed E-state index contributed by atoms with van der Waals surface area (Å²) < 4.78 is 12.0. The van der Waals surface area contributed by atoms with Gasteiger partial charge in [0.25, 0.3) is 11.6 Å². The van der Waals surface area contributed by atoms with Gasteiger partial charge in [-0.25, -0.2) is 9.59 Å². The number of carbonyl (C=O) groups excluding carboxylic acids is 4. The van der Waals surface area contributed by atoms with Crippen molar-refractivity contribution in [3.05, 3.63) is 90.6 Å². The summed E-state index contributed by atoms with van der Waals surface area (Å²) in [5, 5.41) is 26.0. The molecule has 16 heteroatoms. The van der Waals surface area contributed by atoms with Crippen molar-refractivity contribution in [2.75, 3.05) is 24.3 Å². The van der Waals surface area contributed by atoms with Crippen molar-refractivity contribution < 1.29 is 33.6 Å². The van der Waals surface area contributed by atoms with Crippen LogP contribution in [0.4, 0.5) is 10.7 Å². The second kappa shape index (κ2) is 15.7. The number of hydrogen-bond acceptors (Lipinski definition) is 12. The molecule has 0 saturated heterocycles. The fraction of sp³-hybridized carbons (Fsp3) is 0.312. The van der Waals surface area contributed by atoms with Crippen molar-refractivity contribution in [3.8, 4) is 5.69 Å². The zero-order valence-corrected chi connectivity index (χ0v) is 28.8. The number of nitro benzene ring substituents is 1. The summed E-state index contributed by atoms with van der Waals surface area (Å²) in [5.74, 6) is -2.08. The van der Waals surface area contributed by atoms with Gasteiger partial charge in [-0.3, -0.25) is 24.3 Å². The number of ether oxygens (including phenoxy) is 2. The van der Waals surface area contributed by atoms with Gasteiger partial charge in [-0.2, -0.15) is 0 Å². The van der Waals surface area contributed by atoms with Crippen LogP contribution >= 0.6 is 23.1 Å². The molecule has 4 aromatic rings. The lowest BCUT2D eigenvalue weighted by atomic mass is 10.1. The summed E-state index contributed by atoms with van der Waals surface area (Å²) in [6.45, 7) is 10.5. The molecule has 0 aliphatic heterocycles. The Labute approximate surface area is 284 Å². The Morgan fingerprint density at radius 3 is 2.33 bits per heavy atom. The van der Waals surface area contributed by atoms with Gasteiger partial charge in [-0.1, -0.05) is 30.0 Å². The summed E-state index contributed by atoms with van der Waals surface area (Å²) in [4.78, 5) is 62.5. The number of thioether (sulfide) groups is 1. The predicted molar refractivity (Wildman–Crippen MR) is 180 cm³/mol. The van der Waals surface area contributed by atoms with E-state index in [9.17, 15) is 29.3 Å². The van der Waals surface area contributed by atoms with Gasteiger partial charge >= 0.3 is 11.9 Å². The Balaban J connectivity index is 1.58. The lowest BCUT2D eigenvalue weighted by Gasteiger charge is -2.14. The minimum Gasteiger partial charge on any atom is -0.462 e. The average molecular weight is 695 g/mol. The van der Waals surface area contributed by atoms with E-state index >= 15 is 0 Å². The first-order valence-electron chi connectivity index (χ1n) is 14.8. The van der Waals surface area contributed by atoms with E-state index in [1.807, 2.05) is 32.0 Å². The van der Waals surface area contributed by atoms with Crippen LogP contribution in [0.2, 0.25) is 0 Å². The molecule has 2 amide bonds. The van der Waals surface area contributed by atoms with Gasteiger partial charge in [0, 0.05) is 17.2 Å². The molecule has 0 aliphatic rings. The Morgan fingerprint density at radius 1 is 0.958 bits per heavy atom. The SMILES string of the molecule is CCOC(=O)c1sc(NC(=O)CSc2nnc(CNC(=O)c3ccc(C)c([N+](=O)[O-])c3)n2-c2cc(C)ccc2C)c(C(=O)OCC)c1C. The number of hydrogen-bond donors (Lipinski definition) is 2. The molecule has 14 nitrogen and oxygen atoms in total. The molecule has 4 rings (SSSR count). The number of nitrogens with one attached hydrogen (secondary N) is 2. The first-order chi connectivity index (χ1) is 22.9. The van der Waals surface area contributed by atoms with Crippen LogP contribution in [-0.4, -0.2) is 62.4 Å². The largest absolute Gasteiger partial charge is 0.462 e. The number of nitro groups is 1. The van der Waals surface area contributed by atoms with Crippen LogP contribution in [0.1, 0.15) is 72.3 Å². The van der Waals surface area contributed by atoms with Crippen LogP contribution < -0.4 is 10.6 Å². The molecule has 0 bridgehead atoms. The highest BCUT2D eigenvalue weighted by Crippen LogP contribution is 2.35. The summed E-state index contributed by atoms with van der Waals surface area (Å²) >= 11 is 2.01. The van der Waals surface area contributed by atoms with Gasteiger partial charge < -0.3 is 20.1 Å². The number of benzene rings is 2. The van der Waals surface area contributed by atoms with Gasteiger partial charge in [-0.05, 0) is 70.4 Å². The van der Waals surface area contributed by atoms with E-state index in [-0.39, 0.29) is 52.2 Å². The van der Waals surface area contributed by atoms with Gasteiger partial charge in [0.05, 0.1) is 41.7 Å². The molecule has 2 heterocycles. The molecular weight excluding hydrogens is 661 g/mol. The molecule has 2 aromatic heterocycles. The molecule has 252 valence electrons. The van der Waals surface area contributed by atoms with Crippen LogP contribution in [-0.2, 0) is 20.8 Å². The van der Waals surface area contributed by atoms with Crippen LogP contribution in [0.25, 0.3) is 5.69 Å². The van der Waals surface area contributed by atoms with E-state index in [1.165, 1.54) is 18.2 Å². The van der Waals surface area contributed by atoms with Crippen molar-refractivity contribution in [2.45, 2.75) is 53.2 Å². The lowest BCUT2D eigenvalue weighted by molar-refractivity contribution is -0.385. The molecule has 0 radical (unpaired) electrons. The number of rotatable bonds is 13. The third-order valence-corrected chi connectivity index (χ3v) is 9.17. The molecule has 48 heavy (non-hydrogen) atoms. The first-order valence-corrected chi connectivity index (χ1v) is 16.6. The third-order valence-electron chi connectivity index (χ3n) is 7.05. The molecule has 0 atom stereocenters. The molecule has 0 unspecified atom stereocenters.